The molecule has 4 aromatic rings. The summed E-state index contributed by atoms with van der Waals surface area (Å²) in [5.74, 6) is 3.47. The van der Waals surface area contributed by atoms with Gasteiger partial charge in [-0.1, -0.05) is 26.0 Å². The van der Waals surface area contributed by atoms with Crippen LogP contribution in [0.4, 0.5) is 0 Å². The van der Waals surface area contributed by atoms with Gasteiger partial charge in [-0.3, -0.25) is 29.5 Å². The first-order valence-corrected chi connectivity index (χ1v) is 21.3. The van der Waals surface area contributed by atoms with Crippen LogP contribution in [0.2, 0.25) is 0 Å². The minimum Gasteiger partial charge on any atom is -0.342 e. The lowest BCUT2D eigenvalue weighted by molar-refractivity contribution is -0.135. The molecule has 300 valence electrons. The number of piperidine rings is 4. The average Bonchev–Trinajstić information content (AvgIpc) is 3.20. The van der Waals surface area contributed by atoms with Crippen LogP contribution in [0.15, 0.2) is 49.1 Å². The highest BCUT2D eigenvalue weighted by atomic mass is 16.2. The van der Waals surface area contributed by atoms with Gasteiger partial charge >= 0.3 is 0 Å². The summed E-state index contributed by atoms with van der Waals surface area (Å²) < 4.78 is 0. The van der Waals surface area contributed by atoms with E-state index in [4.69, 9.17) is 0 Å². The van der Waals surface area contributed by atoms with E-state index in [0.29, 0.717) is 60.2 Å². The first-order chi connectivity index (χ1) is 27.0. The van der Waals surface area contributed by atoms with E-state index in [0.717, 1.165) is 113 Å². The van der Waals surface area contributed by atoms with Gasteiger partial charge in [-0.05, 0) is 140 Å². The normalized spacial score (nSPS) is 24.6. The number of rotatable bonds is 6. The summed E-state index contributed by atoms with van der Waals surface area (Å²) in [6, 6.07) is 8.30. The minimum atomic E-state index is 0.338. The Morgan fingerprint density at radius 3 is 1.39 bits per heavy atom. The molecule has 0 bridgehead atoms. The molecule has 4 saturated heterocycles. The van der Waals surface area contributed by atoms with Crippen molar-refractivity contribution >= 4 is 33.6 Å². The molecule has 0 N–H and O–H groups in total. The van der Waals surface area contributed by atoms with Gasteiger partial charge in [-0.25, -0.2) is 0 Å². The number of hydrogen-bond donors (Lipinski definition) is 0. The molecule has 10 nitrogen and oxygen atoms in total. The van der Waals surface area contributed by atoms with Crippen LogP contribution in [0.1, 0.15) is 99.6 Å². The highest BCUT2D eigenvalue weighted by Gasteiger charge is 2.33. The maximum absolute atomic E-state index is 13.1. The topological polar surface area (TPSA) is 98.7 Å². The number of nitrogens with zero attached hydrogens (tertiary/aromatic N) is 8. The summed E-state index contributed by atoms with van der Waals surface area (Å²) in [4.78, 5) is 53.4. The molecule has 0 saturated carbocycles. The molecule has 8 heterocycles. The van der Waals surface area contributed by atoms with Crippen molar-refractivity contribution in [2.45, 2.75) is 90.9 Å². The maximum atomic E-state index is 13.1. The van der Waals surface area contributed by atoms with Gasteiger partial charge in [-0.2, -0.15) is 0 Å². The van der Waals surface area contributed by atoms with Crippen LogP contribution in [-0.4, -0.2) is 118 Å². The lowest BCUT2D eigenvalue weighted by Crippen LogP contribution is -2.43. The lowest BCUT2D eigenvalue weighted by Gasteiger charge is -2.38. The summed E-state index contributed by atoms with van der Waals surface area (Å²) in [5.41, 5.74) is 6.41. The Morgan fingerprint density at radius 1 is 0.607 bits per heavy atom. The zero-order valence-electron chi connectivity index (χ0n) is 34.8. The van der Waals surface area contributed by atoms with E-state index in [1.54, 1.807) is 0 Å². The van der Waals surface area contributed by atoms with Crippen LogP contribution >= 0.6 is 0 Å². The second-order valence-corrected chi connectivity index (χ2v) is 18.0. The molecule has 4 fully saturated rings. The second-order valence-electron chi connectivity index (χ2n) is 18.0. The Kier molecular flexibility index (Phi) is 13.0. The number of amides is 2. The highest BCUT2D eigenvalue weighted by molar-refractivity contribution is 5.85. The fourth-order valence-electron chi connectivity index (χ4n) is 9.94. The zero-order valence-corrected chi connectivity index (χ0v) is 34.8. The Bertz CT molecular complexity index is 1830. The Morgan fingerprint density at radius 2 is 1.00 bits per heavy atom. The molecule has 4 aliphatic heterocycles. The summed E-state index contributed by atoms with van der Waals surface area (Å²) in [5, 5.41) is 2.38. The quantitative estimate of drug-likeness (QED) is 0.203. The van der Waals surface area contributed by atoms with Gasteiger partial charge in [0.25, 0.3) is 0 Å². The summed E-state index contributed by atoms with van der Waals surface area (Å²) in [6.45, 7) is 16.4. The fraction of sp³-hybridized carbons (Fsp3) is 0.609. The number of hydrogen-bond acceptors (Lipinski definition) is 8. The summed E-state index contributed by atoms with van der Waals surface area (Å²) in [6.07, 6.45) is 15.9. The molecule has 10 heteroatoms. The number of likely N-dealkylation sites (tertiary alicyclic amines) is 4. The van der Waals surface area contributed by atoms with E-state index < -0.39 is 0 Å². The van der Waals surface area contributed by atoms with Gasteiger partial charge in [0.2, 0.25) is 11.8 Å². The first kappa shape index (κ1) is 40.2. The second kappa shape index (κ2) is 18.1. The van der Waals surface area contributed by atoms with E-state index in [2.05, 4.69) is 79.6 Å². The molecule has 0 aromatic carbocycles. The van der Waals surface area contributed by atoms with Crippen molar-refractivity contribution in [2.75, 3.05) is 66.5 Å². The van der Waals surface area contributed by atoms with Crippen molar-refractivity contribution in [3.63, 3.8) is 0 Å². The number of aromatic nitrogens is 4. The van der Waals surface area contributed by atoms with Crippen LogP contribution in [-0.2, 0) is 9.59 Å². The smallest absolute Gasteiger partial charge is 0.222 e. The van der Waals surface area contributed by atoms with Gasteiger partial charge in [0.05, 0.1) is 22.4 Å². The number of pyridine rings is 4. The molecular weight excluding hydrogens is 697 g/mol. The molecule has 8 rings (SSSR count). The Labute approximate surface area is 334 Å². The summed E-state index contributed by atoms with van der Waals surface area (Å²) >= 11 is 0. The lowest BCUT2D eigenvalue weighted by atomic mass is 9.84. The van der Waals surface area contributed by atoms with Gasteiger partial charge in [0, 0.05) is 86.4 Å². The summed E-state index contributed by atoms with van der Waals surface area (Å²) in [7, 11) is 4.34. The number of carbonyl (C=O) groups is 2. The van der Waals surface area contributed by atoms with Crippen LogP contribution in [0.25, 0.3) is 21.8 Å². The van der Waals surface area contributed by atoms with Crippen molar-refractivity contribution < 1.29 is 9.59 Å². The first-order valence-electron chi connectivity index (χ1n) is 21.3. The third kappa shape index (κ3) is 9.56. The molecule has 0 radical (unpaired) electrons. The number of fused-ring (bicyclic) bond motifs is 2. The number of carbonyl (C=O) groups excluding carboxylic acids is 2. The Hall–Kier alpha value is -4.02. The maximum Gasteiger partial charge on any atom is 0.222 e. The molecule has 4 aliphatic rings. The third-order valence-corrected chi connectivity index (χ3v) is 13.2. The van der Waals surface area contributed by atoms with Gasteiger partial charge in [0.15, 0.2) is 0 Å². The molecule has 4 atom stereocenters. The van der Waals surface area contributed by atoms with E-state index >= 15 is 0 Å². The van der Waals surface area contributed by atoms with Gasteiger partial charge in [-0.15, -0.1) is 0 Å². The van der Waals surface area contributed by atoms with Crippen LogP contribution < -0.4 is 0 Å². The van der Waals surface area contributed by atoms with E-state index in [1.807, 2.05) is 50.8 Å². The van der Waals surface area contributed by atoms with Crippen LogP contribution in [0.5, 0.6) is 0 Å². The van der Waals surface area contributed by atoms with Crippen molar-refractivity contribution in [2.24, 2.45) is 23.7 Å². The Balaban J connectivity index is 0.000000172. The predicted octanol–water partition coefficient (Wildman–Crippen LogP) is 7.24. The van der Waals surface area contributed by atoms with E-state index in [-0.39, 0.29) is 0 Å². The fourth-order valence-corrected chi connectivity index (χ4v) is 9.94. The molecule has 0 unspecified atom stereocenters. The monoisotopic (exact) mass is 761 g/mol. The molecule has 2 amide bonds. The van der Waals surface area contributed by atoms with Gasteiger partial charge in [0.1, 0.15) is 0 Å². The van der Waals surface area contributed by atoms with Crippen LogP contribution in [0.3, 0.4) is 0 Å². The van der Waals surface area contributed by atoms with Crippen molar-refractivity contribution in [3.8, 4) is 0 Å². The van der Waals surface area contributed by atoms with E-state index in [9.17, 15) is 9.59 Å². The van der Waals surface area contributed by atoms with Crippen molar-refractivity contribution in [1.29, 1.82) is 0 Å². The molecular formula is C46H64N8O2. The van der Waals surface area contributed by atoms with Crippen molar-refractivity contribution in [1.82, 2.24) is 39.5 Å². The number of aryl methyl sites for hydroxylation is 2. The minimum absolute atomic E-state index is 0.338. The molecule has 4 aromatic heterocycles. The highest BCUT2D eigenvalue weighted by Crippen LogP contribution is 2.36. The average molecular weight is 761 g/mol. The SMILES string of the molecule is Cc1ncc([C@@H]2C[C@@H](C)CN(C(=O)CC3CCN(C)CC3)C2)c2cccnc12.Cc1ncc([C@H]2C[C@@H](C)CN(C(=O)CC3CCN(C)CC3)C2)c2cccnc12. The molecule has 0 spiro atoms. The largest absolute Gasteiger partial charge is 0.342 e. The van der Waals surface area contributed by atoms with Crippen molar-refractivity contribution in [3.05, 3.63) is 71.6 Å². The molecule has 56 heavy (non-hydrogen) atoms. The van der Waals surface area contributed by atoms with Gasteiger partial charge < -0.3 is 19.6 Å². The van der Waals surface area contributed by atoms with Crippen LogP contribution in [0, 0.1) is 37.5 Å². The third-order valence-electron chi connectivity index (χ3n) is 13.2. The standard InChI is InChI=1S/2C23H32N4O/c2*1-16-11-19(21-13-25-17(2)23-20(21)5-4-8-24-23)15-27(14-16)22(28)12-18-6-9-26(3)10-7-18/h2*4-5,8,13,16,18-19H,6-7,9-12,14-15H2,1-3H3/t16-,19+;16-,19-/m11/s1. The molecule has 0 aliphatic carbocycles. The van der Waals surface area contributed by atoms with E-state index in [1.165, 1.54) is 21.9 Å². The zero-order chi connectivity index (χ0) is 39.3. The predicted molar refractivity (Wildman–Crippen MR) is 224 cm³/mol.